The molecule has 0 unspecified atom stereocenters. The van der Waals surface area contributed by atoms with Crippen LogP contribution in [0.3, 0.4) is 0 Å². The highest BCUT2D eigenvalue weighted by Crippen LogP contribution is 2.32. The van der Waals surface area contributed by atoms with E-state index in [0.717, 1.165) is 25.9 Å². The molecule has 0 bridgehead atoms. The van der Waals surface area contributed by atoms with Crippen LogP contribution in [0.4, 0.5) is 8.78 Å². The average Bonchev–Trinajstić information content (AvgIpc) is 2.72. The first kappa shape index (κ1) is 21.7. The Balaban J connectivity index is 2.03. The first-order valence-electron chi connectivity index (χ1n) is 9.16. The molecule has 0 atom stereocenters. The Labute approximate surface area is 164 Å². The van der Waals surface area contributed by atoms with Crippen molar-refractivity contribution in [3.8, 4) is 11.5 Å². The summed E-state index contributed by atoms with van der Waals surface area (Å²) in [7, 11) is 2.65. The number of halogens is 2. The lowest BCUT2D eigenvalue weighted by atomic mass is 10.0. The quantitative estimate of drug-likeness (QED) is 0.383. The van der Waals surface area contributed by atoms with E-state index in [4.69, 9.17) is 9.47 Å². The lowest BCUT2D eigenvalue weighted by molar-refractivity contribution is 0.235. The predicted molar refractivity (Wildman–Crippen MR) is 106 cm³/mol. The number of nitrogens with zero attached hydrogens (tertiary/aromatic N) is 2. The zero-order valence-electron chi connectivity index (χ0n) is 16.6. The fourth-order valence-electron chi connectivity index (χ4n) is 3.06. The number of nitrogens with one attached hydrogen (secondary N) is 2. The molecule has 1 aromatic rings. The molecule has 0 radical (unpaired) electrons. The third-order valence-electron chi connectivity index (χ3n) is 4.59. The minimum Gasteiger partial charge on any atom is -0.494 e. The molecule has 0 amide bonds. The van der Waals surface area contributed by atoms with Gasteiger partial charge in [0.1, 0.15) is 6.34 Å². The minimum atomic E-state index is -0.731. The van der Waals surface area contributed by atoms with Gasteiger partial charge in [0.25, 0.3) is 0 Å². The van der Waals surface area contributed by atoms with Crippen molar-refractivity contribution in [2.75, 3.05) is 27.3 Å². The van der Waals surface area contributed by atoms with Crippen LogP contribution in [-0.4, -0.2) is 44.7 Å². The van der Waals surface area contributed by atoms with Gasteiger partial charge in [-0.15, -0.1) is 0 Å². The first-order chi connectivity index (χ1) is 13.5. The molecule has 0 aliphatic carbocycles. The van der Waals surface area contributed by atoms with E-state index in [2.05, 4.69) is 22.3 Å². The van der Waals surface area contributed by atoms with Crippen LogP contribution in [0.15, 0.2) is 35.7 Å². The lowest BCUT2D eigenvalue weighted by Gasteiger charge is -2.29. The highest BCUT2D eigenvalue weighted by molar-refractivity contribution is 5.55. The van der Waals surface area contributed by atoms with Crippen LogP contribution in [0.5, 0.6) is 11.5 Å². The Bertz CT molecular complexity index is 703. The van der Waals surface area contributed by atoms with Gasteiger partial charge in [0.15, 0.2) is 23.1 Å². The van der Waals surface area contributed by atoms with Crippen LogP contribution < -0.4 is 20.1 Å². The average molecular weight is 394 g/mol. The number of methoxy groups -OCH3 is 2. The van der Waals surface area contributed by atoms with Gasteiger partial charge in [0.2, 0.25) is 0 Å². The maximum atomic E-state index is 14.4. The molecule has 1 heterocycles. The zero-order chi connectivity index (χ0) is 20.5. The van der Waals surface area contributed by atoms with Crippen LogP contribution in [-0.2, 0) is 6.42 Å². The standard InChI is InChI=1S/C20H28F2N4O2/c1-5-26(15-6-8-23-9-7-15)25-13-24-12-14(2)10-16-19(21)17(27-3)11-18(28-4)20(16)22/h5,11-13,15,23H,1,6-10H2,2-4H3,(H,24,25)/b14-12+. The second-order valence-corrected chi connectivity index (χ2v) is 6.51. The number of piperidine rings is 1. The molecule has 0 saturated carbocycles. The maximum absolute atomic E-state index is 14.4. The molecule has 6 nitrogen and oxygen atoms in total. The topological polar surface area (TPSA) is 58.1 Å². The summed E-state index contributed by atoms with van der Waals surface area (Å²) in [4.78, 5) is 0. The van der Waals surface area contributed by atoms with Crippen LogP contribution in [0.2, 0.25) is 0 Å². The van der Waals surface area contributed by atoms with Crippen LogP contribution in [0.25, 0.3) is 0 Å². The number of allylic oxidation sites excluding steroid dienone is 1. The Morgan fingerprint density at radius 1 is 1.29 bits per heavy atom. The van der Waals surface area contributed by atoms with E-state index in [9.17, 15) is 8.78 Å². The molecular weight excluding hydrogens is 366 g/mol. The lowest BCUT2D eigenvalue weighted by Crippen LogP contribution is -2.38. The Kier molecular flexibility index (Phi) is 8.25. The molecule has 1 saturated heterocycles. The summed E-state index contributed by atoms with van der Waals surface area (Å²) in [5.41, 5.74) is 0.609. The van der Waals surface area contributed by atoms with Gasteiger partial charge in [-0.25, -0.2) is 8.78 Å². The fraction of sp³-hybridized carbons (Fsp3) is 0.450. The van der Waals surface area contributed by atoms with Gasteiger partial charge in [-0.2, -0.15) is 5.10 Å². The Morgan fingerprint density at radius 3 is 2.43 bits per heavy atom. The molecule has 2 rings (SSSR count). The number of benzene rings is 1. The largest absolute Gasteiger partial charge is 0.494 e. The monoisotopic (exact) mass is 394 g/mol. The number of hydrogen-bond donors (Lipinski definition) is 2. The normalized spacial score (nSPS) is 15.5. The van der Waals surface area contributed by atoms with Crippen molar-refractivity contribution in [2.24, 2.45) is 5.10 Å². The van der Waals surface area contributed by atoms with Crippen molar-refractivity contribution in [2.45, 2.75) is 32.2 Å². The molecular formula is C20H28F2N4O2. The second kappa shape index (κ2) is 10.7. The fourth-order valence-corrected chi connectivity index (χ4v) is 3.06. The minimum absolute atomic E-state index is 0.0563. The Hall–Kier alpha value is -2.61. The number of ether oxygens (including phenoxy) is 2. The highest BCUT2D eigenvalue weighted by Gasteiger charge is 2.20. The summed E-state index contributed by atoms with van der Waals surface area (Å²) in [5.74, 6) is -1.57. The van der Waals surface area contributed by atoms with E-state index in [1.165, 1.54) is 26.6 Å². The molecule has 2 N–H and O–H groups in total. The number of hydrogen-bond acceptors (Lipinski definition) is 5. The van der Waals surface area contributed by atoms with Crippen LogP contribution in [0, 0.1) is 11.6 Å². The van der Waals surface area contributed by atoms with Gasteiger partial charge in [0, 0.05) is 30.5 Å². The summed E-state index contributed by atoms with van der Waals surface area (Å²) >= 11 is 0. The van der Waals surface area contributed by atoms with Gasteiger partial charge in [-0.1, -0.05) is 12.2 Å². The molecule has 1 aliphatic rings. The highest BCUT2D eigenvalue weighted by atomic mass is 19.1. The summed E-state index contributed by atoms with van der Waals surface area (Å²) in [6.45, 7) is 7.48. The first-order valence-corrected chi connectivity index (χ1v) is 9.16. The van der Waals surface area contributed by atoms with Crippen molar-refractivity contribution in [3.05, 3.63) is 47.8 Å². The van der Waals surface area contributed by atoms with Crippen molar-refractivity contribution < 1.29 is 18.3 Å². The van der Waals surface area contributed by atoms with E-state index in [-0.39, 0.29) is 23.5 Å². The summed E-state index contributed by atoms with van der Waals surface area (Å²) in [5, 5.41) is 12.4. The summed E-state index contributed by atoms with van der Waals surface area (Å²) in [6, 6.07) is 1.51. The van der Waals surface area contributed by atoms with E-state index in [1.54, 1.807) is 19.3 Å². The maximum Gasteiger partial charge on any atom is 0.171 e. The number of rotatable bonds is 9. The van der Waals surface area contributed by atoms with Crippen molar-refractivity contribution in [3.63, 3.8) is 0 Å². The molecule has 0 aromatic heterocycles. The molecule has 0 spiro atoms. The van der Waals surface area contributed by atoms with Crippen molar-refractivity contribution >= 4 is 6.34 Å². The molecule has 1 aromatic carbocycles. The van der Waals surface area contributed by atoms with Gasteiger partial charge >= 0.3 is 0 Å². The van der Waals surface area contributed by atoms with Crippen molar-refractivity contribution in [1.82, 2.24) is 15.6 Å². The van der Waals surface area contributed by atoms with E-state index < -0.39 is 11.6 Å². The molecule has 28 heavy (non-hydrogen) atoms. The second-order valence-electron chi connectivity index (χ2n) is 6.51. The molecule has 1 aliphatic heterocycles. The van der Waals surface area contributed by atoms with Gasteiger partial charge in [-0.3, -0.25) is 5.01 Å². The van der Waals surface area contributed by atoms with Gasteiger partial charge in [-0.05, 0) is 32.9 Å². The smallest absolute Gasteiger partial charge is 0.171 e. The van der Waals surface area contributed by atoms with Gasteiger partial charge in [0.05, 0.1) is 20.3 Å². The van der Waals surface area contributed by atoms with E-state index in [1.807, 2.05) is 5.01 Å². The molecule has 8 heteroatoms. The zero-order valence-corrected chi connectivity index (χ0v) is 16.6. The third-order valence-corrected chi connectivity index (χ3v) is 4.59. The van der Waals surface area contributed by atoms with E-state index >= 15 is 0 Å². The SMILES string of the molecule is C=CN(/N=C\N/C=C(\C)Cc1c(F)c(OC)cc(OC)c1F)C1CCNCC1. The van der Waals surface area contributed by atoms with Crippen LogP contribution in [0.1, 0.15) is 25.3 Å². The Morgan fingerprint density at radius 2 is 1.89 bits per heavy atom. The molecule has 1 fully saturated rings. The number of hydrazone groups is 1. The van der Waals surface area contributed by atoms with Gasteiger partial charge < -0.3 is 20.1 Å². The summed E-state index contributed by atoms with van der Waals surface area (Å²) < 4.78 is 38.8. The molecule has 154 valence electrons. The summed E-state index contributed by atoms with van der Waals surface area (Å²) in [6.07, 6.45) is 6.93. The van der Waals surface area contributed by atoms with Crippen molar-refractivity contribution in [1.29, 1.82) is 0 Å². The third kappa shape index (κ3) is 5.45. The predicted octanol–water partition coefficient (Wildman–Crippen LogP) is 3.16. The van der Waals surface area contributed by atoms with Crippen LogP contribution >= 0.6 is 0 Å². The van der Waals surface area contributed by atoms with E-state index in [0.29, 0.717) is 11.6 Å².